The first-order valence-electron chi connectivity index (χ1n) is 7.60. The zero-order valence-corrected chi connectivity index (χ0v) is 12.6. The number of piperidine rings is 1. The first-order valence-corrected chi connectivity index (χ1v) is 7.60. The van der Waals surface area contributed by atoms with Crippen LogP contribution in [0.3, 0.4) is 0 Å². The van der Waals surface area contributed by atoms with Crippen molar-refractivity contribution in [3.05, 3.63) is 35.9 Å². The molecule has 1 aromatic rings. The molecule has 0 atom stereocenters. The third-order valence-electron chi connectivity index (χ3n) is 4.42. The number of hydrogen-bond acceptors (Lipinski definition) is 2. The molecule has 1 amide bonds. The number of carboxylic acid groups (broad SMARTS) is 1. The highest BCUT2D eigenvalue weighted by Crippen LogP contribution is 2.36. The normalized spacial score (nSPS) is 16.8. The Morgan fingerprint density at radius 2 is 1.86 bits per heavy atom. The number of unbranched alkanes of at least 4 members (excludes halogenated alkanes) is 1. The Labute approximate surface area is 131 Å². The van der Waals surface area contributed by atoms with Crippen LogP contribution in [0.4, 0.5) is 0 Å². The summed E-state index contributed by atoms with van der Waals surface area (Å²) in [6.45, 7) is 0.964. The van der Waals surface area contributed by atoms with Crippen molar-refractivity contribution in [2.24, 2.45) is 0 Å². The maximum Gasteiger partial charge on any atom is 0.314 e. The van der Waals surface area contributed by atoms with Gasteiger partial charge in [-0.25, -0.2) is 0 Å². The van der Waals surface area contributed by atoms with E-state index in [4.69, 9.17) is 6.42 Å². The van der Waals surface area contributed by atoms with E-state index in [1.165, 1.54) is 0 Å². The van der Waals surface area contributed by atoms with Crippen molar-refractivity contribution in [2.75, 3.05) is 13.1 Å². The fourth-order valence-electron chi connectivity index (χ4n) is 3.02. The molecule has 0 radical (unpaired) electrons. The van der Waals surface area contributed by atoms with Crippen molar-refractivity contribution >= 4 is 11.9 Å². The van der Waals surface area contributed by atoms with Gasteiger partial charge in [0.15, 0.2) is 0 Å². The van der Waals surface area contributed by atoms with Gasteiger partial charge in [-0.1, -0.05) is 30.3 Å². The van der Waals surface area contributed by atoms with Crippen LogP contribution in [-0.4, -0.2) is 35.0 Å². The van der Waals surface area contributed by atoms with Crippen LogP contribution in [0.5, 0.6) is 0 Å². The fraction of sp³-hybridized carbons (Fsp3) is 0.444. The van der Waals surface area contributed by atoms with Gasteiger partial charge in [-0.2, -0.15) is 0 Å². The van der Waals surface area contributed by atoms with Crippen LogP contribution >= 0.6 is 0 Å². The number of carboxylic acids is 1. The summed E-state index contributed by atoms with van der Waals surface area (Å²) in [5.41, 5.74) is -0.0569. The number of terminal acetylenes is 1. The van der Waals surface area contributed by atoms with E-state index in [0.29, 0.717) is 45.2 Å². The second-order valence-electron chi connectivity index (χ2n) is 5.69. The lowest BCUT2D eigenvalue weighted by Gasteiger charge is -2.39. The molecule has 0 saturated carbocycles. The van der Waals surface area contributed by atoms with Gasteiger partial charge in [0.05, 0.1) is 5.41 Å². The average molecular weight is 299 g/mol. The minimum absolute atomic E-state index is 0.0716. The molecule has 0 aliphatic carbocycles. The number of amides is 1. The van der Waals surface area contributed by atoms with Crippen LogP contribution in [-0.2, 0) is 15.0 Å². The minimum atomic E-state index is -0.878. The zero-order valence-electron chi connectivity index (χ0n) is 12.6. The molecule has 1 N–H and O–H groups in total. The quantitative estimate of drug-likeness (QED) is 0.671. The van der Waals surface area contributed by atoms with E-state index in [1.807, 2.05) is 30.3 Å². The summed E-state index contributed by atoms with van der Waals surface area (Å²) in [5, 5.41) is 9.71. The van der Waals surface area contributed by atoms with Gasteiger partial charge in [0.25, 0.3) is 0 Å². The summed E-state index contributed by atoms with van der Waals surface area (Å²) in [4.78, 5) is 25.7. The van der Waals surface area contributed by atoms with Crippen molar-refractivity contribution < 1.29 is 14.7 Å². The standard InChI is InChI=1S/C18H21NO3/c1-2-3-5-10-16(20)19-13-11-18(12-14-19,17(21)22)15-8-6-4-7-9-15/h1,4,6-9H,3,5,10-14H2,(H,21,22). The van der Waals surface area contributed by atoms with Gasteiger partial charge in [-0.05, 0) is 24.8 Å². The number of carbonyl (C=O) groups is 2. The van der Waals surface area contributed by atoms with Crippen molar-refractivity contribution in [2.45, 2.75) is 37.5 Å². The second-order valence-corrected chi connectivity index (χ2v) is 5.69. The maximum absolute atomic E-state index is 12.1. The number of nitrogens with zero attached hydrogens (tertiary/aromatic N) is 1. The van der Waals surface area contributed by atoms with Gasteiger partial charge >= 0.3 is 5.97 Å². The lowest BCUT2D eigenvalue weighted by atomic mass is 9.73. The first-order chi connectivity index (χ1) is 10.6. The highest BCUT2D eigenvalue weighted by Gasteiger charge is 2.43. The topological polar surface area (TPSA) is 57.6 Å². The highest BCUT2D eigenvalue weighted by molar-refractivity contribution is 5.82. The van der Waals surface area contributed by atoms with Gasteiger partial charge in [-0.3, -0.25) is 9.59 Å². The van der Waals surface area contributed by atoms with Crippen molar-refractivity contribution in [3.63, 3.8) is 0 Å². The summed E-state index contributed by atoms with van der Waals surface area (Å²) in [5.74, 6) is 1.79. The number of benzene rings is 1. The van der Waals surface area contributed by atoms with Gasteiger partial charge in [0.1, 0.15) is 0 Å². The second kappa shape index (κ2) is 7.13. The average Bonchev–Trinajstić information content (AvgIpc) is 2.55. The predicted octanol–water partition coefficient (Wildman–Crippen LogP) is 2.43. The lowest BCUT2D eigenvalue weighted by molar-refractivity contribution is -0.148. The Hall–Kier alpha value is -2.28. The van der Waals surface area contributed by atoms with E-state index in [-0.39, 0.29) is 5.91 Å². The molecule has 4 nitrogen and oxygen atoms in total. The zero-order chi connectivity index (χ0) is 16.0. The van der Waals surface area contributed by atoms with Gasteiger partial charge in [0, 0.05) is 25.9 Å². The molecule has 0 unspecified atom stereocenters. The first kappa shape index (κ1) is 16.1. The molecular formula is C18H21NO3. The van der Waals surface area contributed by atoms with Crippen LogP contribution < -0.4 is 0 Å². The lowest BCUT2D eigenvalue weighted by Crippen LogP contribution is -2.49. The molecule has 1 fully saturated rings. The van der Waals surface area contributed by atoms with Crippen molar-refractivity contribution in [3.8, 4) is 12.3 Å². The van der Waals surface area contributed by atoms with E-state index in [0.717, 1.165) is 5.56 Å². The molecule has 1 aliphatic heterocycles. The summed E-state index contributed by atoms with van der Waals surface area (Å²) < 4.78 is 0. The molecule has 1 aromatic carbocycles. The number of likely N-dealkylation sites (tertiary alicyclic amines) is 1. The molecule has 116 valence electrons. The summed E-state index contributed by atoms with van der Waals surface area (Å²) >= 11 is 0. The van der Waals surface area contributed by atoms with Crippen LogP contribution in [0, 0.1) is 12.3 Å². The Morgan fingerprint density at radius 1 is 1.23 bits per heavy atom. The fourth-order valence-corrected chi connectivity index (χ4v) is 3.02. The molecule has 1 aliphatic rings. The van der Waals surface area contributed by atoms with E-state index in [2.05, 4.69) is 5.92 Å². The predicted molar refractivity (Wildman–Crippen MR) is 84.3 cm³/mol. The van der Waals surface area contributed by atoms with E-state index >= 15 is 0 Å². The number of hydrogen-bond donors (Lipinski definition) is 1. The van der Waals surface area contributed by atoms with Crippen molar-refractivity contribution in [1.29, 1.82) is 0 Å². The monoisotopic (exact) mass is 299 g/mol. The smallest absolute Gasteiger partial charge is 0.314 e. The Morgan fingerprint density at radius 3 is 2.41 bits per heavy atom. The number of rotatable bonds is 5. The largest absolute Gasteiger partial charge is 0.481 e. The van der Waals surface area contributed by atoms with Gasteiger partial charge in [0.2, 0.25) is 5.91 Å². The van der Waals surface area contributed by atoms with Crippen LogP contribution in [0.2, 0.25) is 0 Å². The van der Waals surface area contributed by atoms with E-state index in [1.54, 1.807) is 4.90 Å². The van der Waals surface area contributed by atoms with Crippen LogP contribution in [0.25, 0.3) is 0 Å². The minimum Gasteiger partial charge on any atom is -0.481 e. The summed E-state index contributed by atoms with van der Waals surface area (Å²) in [6.07, 6.45) is 7.82. The molecule has 1 heterocycles. The van der Waals surface area contributed by atoms with E-state index < -0.39 is 11.4 Å². The van der Waals surface area contributed by atoms with Crippen LogP contribution in [0.15, 0.2) is 30.3 Å². The van der Waals surface area contributed by atoms with Crippen LogP contribution in [0.1, 0.15) is 37.7 Å². The van der Waals surface area contributed by atoms with E-state index in [9.17, 15) is 14.7 Å². The summed E-state index contributed by atoms with van der Waals surface area (Å²) in [6, 6.07) is 9.31. The SMILES string of the molecule is C#CCCCC(=O)N1CCC(C(=O)O)(c2ccccc2)CC1. The molecule has 2 rings (SSSR count). The Kier molecular flexibility index (Phi) is 5.21. The molecule has 4 heteroatoms. The number of aliphatic carboxylic acids is 1. The third-order valence-corrected chi connectivity index (χ3v) is 4.42. The van der Waals surface area contributed by atoms with Gasteiger partial charge in [-0.15, -0.1) is 12.3 Å². The molecular weight excluding hydrogens is 278 g/mol. The molecule has 0 aromatic heterocycles. The molecule has 1 saturated heterocycles. The molecule has 0 spiro atoms. The van der Waals surface area contributed by atoms with Gasteiger partial charge < -0.3 is 10.0 Å². The van der Waals surface area contributed by atoms with Crippen molar-refractivity contribution in [1.82, 2.24) is 4.90 Å². The maximum atomic E-state index is 12.1. The highest BCUT2D eigenvalue weighted by atomic mass is 16.4. The number of carbonyl (C=O) groups excluding carboxylic acids is 1. The Bertz CT molecular complexity index is 566. The Balaban J connectivity index is 2.04. The third kappa shape index (κ3) is 3.30. The summed E-state index contributed by atoms with van der Waals surface area (Å²) in [7, 11) is 0. The molecule has 22 heavy (non-hydrogen) atoms. The molecule has 0 bridgehead atoms.